The maximum atomic E-state index is 8.43. The molecule has 0 aromatic heterocycles. The molecule has 0 aliphatic rings. The molecule has 0 amide bonds. The van der Waals surface area contributed by atoms with E-state index in [0.29, 0.717) is 5.92 Å². The van der Waals surface area contributed by atoms with Gasteiger partial charge in [0.1, 0.15) is 0 Å². The summed E-state index contributed by atoms with van der Waals surface area (Å²) in [4.78, 5) is 0. The summed E-state index contributed by atoms with van der Waals surface area (Å²) in [5.41, 5.74) is 5.51. The van der Waals surface area contributed by atoms with Crippen molar-refractivity contribution >= 4 is 0 Å². The normalized spacial score (nSPS) is 18.0. The molecule has 0 unspecified atom stereocenters. The van der Waals surface area contributed by atoms with Gasteiger partial charge < -0.3 is 10.8 Å². The van der Waals surface area contributed by atoms with Gasteiger partial charge in [-0.05, 0) is 19.3 Å². The summed E-state index contributed by atoms with van der Waals surface area (Å²) in [6.45, 7) is 4.25. The second kappa shape index (κ2) is 3.87. The van der Waals surface area contributed by atoms with Gasteiger partial charge in [0, 0.05) is 12.6 Å². The molecule has 0 fully saturated rings. The van der Waals surface area contributed by atoms with Crippen molar-refractivity contribution in [3.05, 3.63) is 0 Å². The summed E-state index contributed by atoms with van der Waals surface area (Å²) in [5, 5.41) is 8.43. The zero-order valence-electron chi connectivity index (χ0n) is 5.59. The van der Waals surface area contributed by atoms with Gasteiger partial charge in [-0.1, -0.05) is 6.92 Å². The lowest BCUT2D eigenvalue weighted by Crippen LogP contribution is -2.24. The summed E-state index contributed by atoms with van der Waals surface area (Å²) >= 11 is 0. The molecule has 0 spiro atoms. The Labute approximate surface area is 50.7 Å². The van der Waals surface area contributed by atoms with Crippen molar-refractivity contribution in [1.29, 1.82) is 0 Å². The standard InChI is InChI=1S/C6H15NO/c1-5(3-4-8)6(2)7/h5-6,8H,3-4,7H2,1-2H3/t5-,6-/m0/s1. The van der Waals surface area contributed by atoms with E-state index in [-0.39, 0.29) is 12.6 Å². The van der Waals surface area contributed by atoms with Crippen LogP contribution in [0.1, 0.15) is 20.3 Å². The van der Waals surface area contributed by atoms with E-state index in [4.69, 9.17) is 10.8 Å². The number of hydrogen-bond donors (Lipinski definition) is 2. The number of hydrogen-bond acceptors (Lipinski definition) is 2. The molecule has 50 valence electrons. The third kappa shape index (κ3) is 2.99. The number of aliphatic hydroxyl groups is 1. The lowest BCUT2D eigenvalue weighted by molar-refractivity contribution is 0.253. The van der Waals surface area contributed by atoms with Crippen LogP contribution in [-0.2, 0) is 0 Å². The van der Waals surface area contributed by atoms with E-state index >= 15 is 0 Å². The SMILES string of the molecule is C[C@H](N)[C@@H](C)CCO. The summed E-state index contributed by atoms with van der Waals surface area (Å²) in [7, 11) is 0. The first-order valence-electron chi connectivity index (χ1n) is 3.05. The average Bonchev–Trinajstić information content (AvgIpc) is 1.67. The predicted molar refractivity (Wildman–Crippen MR) is 34.5 cm³/mol. The highest BCUT2D eigenvalue weighted by Crippen LogP contribution is 2.03. The van der Waals surface area contributed by atoms with Crippen molar-refractivity contribution in [1.82, 2.24) is 0 Å². The molecule has 2 nitrogen and oxygen atoms in total. The second-order valence-corrected chi connectivity index (χ2v) is 2.35. The lowest BCUT2D eigenvalue weighted by atomic mass is 10.0. The van der Waals surface area contributed by atoms with Crippen molar-refractivity contribution in [2.75, 3.05) is 6.61 Å². The van der Waals surface area contributed by atoms with E-state index in [2.05, 4.69) is 0 Å². The molecule has 0 aromatic carbocycles. The topological polar surface area (TPSA) is 46.2 Å². The number of rotatable bonds is 3. The van der Waals surface area contributed by atoms with E-state index < -0.39 is 0 Å². The molecule has 0 radical (unpaired) electrons. The van der Waals surface area contributed by atoms with Crippen LogP contribution in [0.4, 0.5) is 0 Å². The van der Waals surface area contributed by atoms with Crippen molar-refractivity contribution < 1.29 is 5.11 Å². The number of aliphatic hydroxyl groups excluding tert-OH is 1. The summed E-state index contributed by atoms with van der Waals surface area (Å²) in [6, 6.07) is 0.210. The van der Waals surface area contributed by atoms with Crippen LogP contribution in [0.25, 0.3) is 0 Å². The second-order valence-electron chi connectivity index (χ2n) is 2.35. The molecule has 0 bridgehead atoms. The smallest absolute Gasteiger partial charge is 0.0434 e. The Morgan fingerprint density at radius 2 is 2.00 bits per heavy atom. The van der Waals surface area contributed by atoms with Crippen LogP contribution >= 0.6 is 0 Å². The van der Waals surface area contributed by atoms with Gasteiger partial charge in [0.15, 0.2) is 0 Å². The van der Waals surface area contributed by atoms with Gasteiger partial charge in [0.05, 0.1) is 0 Å². The van der Waals surface area contributed by atoms with Gasteiger partial charge in [0.25, 0.3) is 0 Å². The Morgan fingerprint density at radius 3 is 2.12 bits per heavy atom. The zero-order chi connectivity index (χ0) is 6.57. The zero-order valence-corrected chi connectivity index (χ0v) is 5.59. The van der Waals surface area contributed by atoms with Crippen LogP contribution in [0.5, 0.6) is 0 Å². The Hall–Kier alpha value is -0.0800. The van der Waals surface area contributed by atoms with Crippen LogP contribution in [0.3, 0.4) is 0 Å². The monoisotopic (exact) mass is 117 g/mol. The highest BCUT2D eigenvalue weighted by molar-refractivity contribution is 4.61. The fourth-order valence-electron chi connectivity index (χ4n) is 0.467. The minimum Gasteiger partial charge on any atom is -0.396 e. The first-order valence-corrected chi connectivity index (χ1v) is 3.05. The van der Waals surface area contributed by atoms with Gasteiger partial charge >= 0.3 is 0 Å². The average molecular weight is 117 g/mol. The van der Waals surface area contributed by atoms with E-state index in [0.717, 1.165) is 6.42 Å². The molecular weight excluding hydrogens is 102 g/mol. The van der Waals surface area contributed by atoms with Crippen LogP contribution in [0.2, 0.25) is 0 Å². The summed E-state index contributed by atoms with van der Waals surface area (Å²) in [6.07, 6.45) is 0.817. The van der Waals surface area contributed by atoms with Gasteiger partial charge in [-0.2, -0.15) is 0 Å². The van der Waals surface area contributed by atoms with Crippen molar-refractivity contribution in [2.24, 2.45) is 11.7 Å². The molecule has 0 heterocycles. The van der Waals surface area contributed by atoms with E-state index in [1.165, 1.54) is 0 Å². The van der Waals surface area contributed by atoms with Crippen LogP contribution in [0.15, 0.2) is 0 Å². The molecule has 3 N–H and O–H groups in total. The van der Waals surface area contributed by atoms with Crippen molar-refractivity contribution in [3.8, 4) is 0 Å². The molecule has 8 heavy (non-hydrogen) atoms. The predicted octanol–water partition coefficient (Wildman–Crippen LogP) is 0.352. The fraction of sp³-hybridized carbons (Fsp3) is 1.00. The fourth-order valence-corrected chi connectivity index (χ4v) is 0.467. The molecule has 0 aromatic rings. The number of nitrogens with two attached hydrogens (primary N) is 1. The maximum absolute atomic E-state index is 8.43. The van der Waals surface area contributed by atoms with Gasteiger partial charge in [-0.15, -0.1) is 0 Å². The largest absolute Gasteiger partial charge is 0.396 e. The molecule has 0 rings (SSSR count). The molecule has 2 atom stereocenters. The maximum Gasteiger partial charge on any atom is 0.0434 e. The quantitative estimate of drug-likeness (QED) is 0.560. The molecule has 2 heteroatoms. The van der Waals surface area contributed by atoms with E-state index in [1.807, 2.05) is 13.8 Å². The summed E-state index contributed by atoms with van der Waals surface area (Å²) in [5.74, 6) is 0.444. The van der Waals surface area contributed by atoms with Crippen molar-refractivity contribution in [2.45, 2.75) is 26.3 Å². The van der Waals surface area contributed by atoms with Gasteiger partial charge in [-0.25, -0.2) is 0 Å². The Bertz CT molecular complexity index is 54.5. The highest BCUT2D eigenvalue weighted by Gasteiger charge is 2.04. The molecular formula is C6H15NO. The van der Waals surface area contributed by atoms with Crippen LogP contribution < -0.4 is 5.73 Å². The van der Waals surface area contributed by atoms with Gasteiger partial charge in [-0.3, -0.25) is 0 Å². The van der Waals surface area contributed by atoms with Crippen LogP contribution in [0, 0.1) is 5.92 Å². The van der Waals surface area contributed by atoms with Crippen LogP contribution in [-0.4, -0.2) is 17.8 Å². The van der Waals surface area contributed by atoms with Gasteiger partial charge in [0.2, 0.25) is 0 Å². The third-order valence-electron chi connectivity index (χ3n) is 1.48. The molecule has 0 aliphatic heterocycles. The Kier molecular flexibility index (Phi) is 3.83. The van der Waals surface area contributed by atoms with Crippen molar-refractivity contribution in [3.63, 3.8) is 0 Å². The summed E-state index contributed by atoms with van der Waals surface area (Å²) < 4.78 is 0. The minimum absolute atomic E-state index is 0.210. The first-order chi connectivity index (χ1) is 3.68. The Balaban J connectivity index is 3.17. The minimum atomic E-state index is 0.210. The molecule has 0 aliphatic carbocycles. The van der Waals surface area contributed by atoms with E-state index in [1.54, 1.807) is 0 Å². The lowest BCUT2D eigenvalue weighted by Gasteiger charge is -2.12. The first kappa shape index (κ1) is 7.92. The molecule has 0 saturated carbocycles. The molecule has 0 saturated heterocycles. The Morgan fingerprint density at radius 1 is 1.50 bits per heavy atom. The highest BCUT2D eigenvalue weighted by atomic mass is 16.3. The third-order valence-corrected chi connectivity index (χ3v) is 1.48. The van der Waals surface area contributed by atoms with E-state index in [9.17, 15) is 0 Å².